The van der Waals surface area contributed by atoms with Gasteiger partial charge in [-0.15, -0.1) is 0 Å². The summed E-state index contributed by atoms with van der Waals surface area (Å²) in [6.45, 7) is 2.21. The van der Waals surface area contributed by atoms with Gasteiger partial charge in [0.15, 0.2) is 0 Å². The third kappa shape index (κ3) is 3.54. The van der Waals surface area contributed by atoms with Crippen LogP contribution in [0.5, 0.6) is 0 Å². The molecule has 0 amide bonds. The Morgan fingerprint density at radius 3 is 2.47 bits per heavy atom. The van der Waals surface area contributed by atoms with Gasteiger partial charge in [0.25, 0.3) is 0 Å². The van der Waals surface area contributed by atoms with Crippen LogP contribution < -0.4 is 17.7 Å². The average molecular weight is 456 g/mol. The van der Waals surface area contributed by atoms with Crippen molar-refractivity contribution in [1.82, 2.24) is 4.98 Å². The maximum absolute atomic E-state index is 3.74. The van der Waals surface area contributed by atoms with Gasteiger partial charge in [0.1, 0.15) is 0 Å². The Morgan fingerprint density at radius 2 is 1.59 bits per heavy atom. The molecule has 0 spiro atoms. The van der Waals surface area contributed by atoms with Gasteiger partial charge in [-0.1, -0.05) is 72.3 Å². The number of benzene rings is 4. The first-order valence-electron chi connectivity index (χ1n) is 11.2. The minimum absolute atomic E-state index is 0. The van der Waals surface area contributed by atoms with Crippen LogP contribution in [0.25, 0.3) is 21.7 Å². The number of fused-ring (bicyclic) bond motifs is 4. The molecule has 4 aromatic carbocycles. The number of nitrogens with one attached hydrogen (secondary N) is 1. The second-order valence-corrected chi connectivity index (χ2v) is 12.9. The van der Waals surface area contributed by atoms with Gasteiger partial charge in [-0.05, 0) is 47.5 Å². The highest BCUT2D eigenvalue weighted by molar-refractivity contribution is 7.81. The quantitative estimate of drug-likeness (QED) is 0.392. The lowest BCUT2D eigenvalue weighted by atomic mass is 10.1. The van der Waals surface area contributed by atoms with E-state index in [0.29, 0.717) is 0 Å². The number of H-pyrrole nitrogens is 1. The summed E-state index contributed by atoms with van der Waals surface area (Å²) in [5.74, 6) is 0. The molecule has 1 aromatic heterocycles. The Balaban J connectivity index is 0.00000216. The fourth-order valence-electron chi connectivity index (χ4n) is 5.47. The van der Waals surface area contributed by atoms with Gasteiger partial charge in [0.2, 0.25) is 0 Å². The maximum atomic E-state index is 3.74. The van der Waals surface area contributed by atoms with Crippen molar-refractivity contribution in [3.05, 3.63) is 113 Å². The van der Waals surface area contributed by atoms with Crippen LogP contribution in [0.2, 0.25) is 0 Å². The molecular formula is C29H27ClNP. The molecular weight excluding hydrogens is 429 g/mol. The summed E-state index contributed by atoms with van der Waals surface area (Å²) in [6, 6.07) is 34.0. The number of hydrogen-bond donors (Lipinski definition) is 1. The minimum atomic E-state index is -1.41. The summed E-state index contributed by atoms with van der Waals surface area (Å²) in [4.78, 5) is 3.74. The molecule has 6 rings (SSSR count). The molecule has 1 unspecified atom stereocenters. The SMILES string of the molecule is Cc1ccc2[nH]c3c(c2c1)C[P+](Cc1cccc2ccccc12)(c1ccccc1)CC3.[Cl-]. The highest BCUT2D eigenvalue weighted by atomic mass is 35.5. The smallest absolute Gasteiger partial charge is 0.0946 e. The van der Waals surface area contributed by atoms with Crippen molar-refractivity contribution in [3.8, 4) is 0 Å². The van der Waals surface area contributed by atoms with Crippen LogP contribution in [0.1, 0.15) is 22.4 Å². The molecule has 2 heterocycles. The number of halogens is 1. The second kappa shape index (κ2) is 8.39. The first kappa shape index (κ1) is 21.3. The lowest BCUT2D eigenvalue weighted by Crippen LogP contribution is -3.00. The zero-order valence-electron chi connectivity index (χ0n) is 18.3. The molecule has 0 saturated heterocycles. The lowest BCUT2D eigenvalue weighted by Gasteiger charge is -2.32. The van der Waals surface area contributed by atoms with Crippen LogP contribution in [0.15, 0.2) is 91.0 Å². The summed E-state index contributed by atoms with van der Waals surface area (Å²) < 4.78 is 0. The van der Waals surface area contributed by atoms with Gasteiger partial charge in [-0.3, -0.25) is 0 Å². The molecule has 0 fully saturated rings. The number of rotatable bonds is 3. The molecule has 32 heavy (non-hydrogen) atoms. The summed E-state index contributed by atoms with van der Waals surface area (Å²) in [6.07, 6.45) is 4.80. The predicted octanol–water partition coefficient (Wildman–Crippen LogP) is 4.23. The normalized spacial score (nSPS) is 17.8. The lowest BCUT2D eigenvalue weighted by molar-refractivity contribution is -0.00000621. The molecule has 1 aliphatic rings. The number of aromatic nitrogens is 1. The van der Waals surface area contributed by atoms with E-state index in [1.807, 2.05) is 0 Å². The zero-order chi connectivity index (χ0) is 20.8. The summed E-state index contributed by atoms with van der Waals surface area (Å²) in [5.41, 5.74) is 7.19. The predicted molar refractivity (Wildman–Crippen MR) is 136 cm³/mol. The van der Waals surface area contributed by atoms with Crippen LogP contribution in [-0.2, 0) is 18.7 Å². The largest absolute Gasteiger partial charge is 1.00 e. The van der Waals surface area contributed by atoms with E-state index >= 15 is 0 Å². The Labute approximate surface area is 196 Å². The molecule has 5 aromatic rings. The van der Waals surface area contributed by atoms with Crippen LogP contribution in [0.4, 0.5) is 0 Å². The van der Waals surface area contributed by atoms with Gasteiger partial charge in [0, 0.05) is 28.6 Å². The standard InChI is InChI=1S/C29H27NP.ClH/c1-21-14-15-28-26(18-21)27-20-31(17-16-29(27)30-28,24-11-3-2-4-12-24)19-23-10-7-9-22-8-5-6-13-25(22)23;/h2-15,18,30H,16-17,19-20H2,1H3;1H/q+1;/p-1. The van der Waals surface area contributed by atoms with E-state index in [0.717, 1.165) is 6.42 Å². The van der Waals surface area contributed by atoms with E-state index in [9.17, 15) is 0 Å². The van der Waals surface area contributed by atoms with Crippen molar-refractivity contribution >= 4 is 34.2 Å². The van der Waals surface area contributed by atoms with Crippen molar-refractivity contribution in [2.24, 2.45) is 0 Å². The number of aryl methyl sites for hydroxylation is 2. The molecule has 1 aliphatic heterocycles. The highest BCUT2D eigenvalue weighted by Gasteiger charge is 2.44. The third-order valence-corrected chi connectivity index (χ3v) is 11.4. The summed E-state index contributed by atoms with van der Waals surface area (Å²) in [7, 11) is -1.41. The molecule has 1 N–H and O–H groups in total. The van der Waals surface area contributed by atoms with Gasteiger partial charge < -0.3 is 17.4 Å². The Kier molecular flexibility index (Phi) is 5.58. The molecule has 1 atom stereocenters. The van der Waals surface area contributed by atoms with E-state index in [1.165, 1.54) is 57.0 Å². The molecule has 160 valence electrons. The second-order valence-electron chi connectivity index (χ2n) is 9.04. The van der Waals surface area contributed by atoms with Gasteiger partial charge in [-0.25, -0.2) is 0 Å². The van der Waals surface area contributed by atoms with Gasteiger partial charge in [0.05, 0.1) is 31.1 Å². The van der Waals surface area contributed by atoms with E-state index in [-0.39, 0.29) is 12.4 Å². The Hall–Kier alpha value is -2.60. The Morgan fingerprint density at radius 1 is 0.812 bits per heavy atom. The third-order valence-electron chi connectivity index (χ3n) is 7.06. The van der Waals surface area contributed by atoms with Crippen molar-refractivity contribution in [1.29, 1.82) is 0 Å². The summed E-state index contributed by atoms with van der Waals surface area (Å²) >= 11 is 0. The molecule has 0 saturated carbocycles. The fourth-order valence-corrected chi connectivity index (χ4v) is 9.87. The zero-order valence-corrected chi connectivity index (χ0v) is 20.0. The van der Waals surface area contributed by atoms with Gasteiger partial charge in [-0.2, -0.15) is 0 Å². The molecule has 0 aliphatic carbocycles. The fraction of sp³-hybridized carbons (Fsp3) is 0.172. The van der Waals surface area contributed by atoms with Gasteiger partial charge >= 0.3 is 0 Å². The molecule has 0 bridgehead atoms. The first-order chi connectivity index (χ1) is 15.2. The van der Waals surface area contributed by atoms with E-state index < -0.39 is 7.26 Å². The molecule has 3 heteroatoms. The summed E-state index contributed by atoms with van der Waals surface area (Å²) in [5, 5.41) is 5.79. The minimum Gasteiger partial charge on any atom is -1.00 e. The van der Waals surface area contributed by atoms with E-state index in [4.69, 9.17) is 0 Å². The van der Waals surface area contributed by atoms with Crippen LogP contribution in [0.3, 0.4) is 0 Å². The molecule has 1 nitrogen and oxygen atoms in total. The van der Waals surface area contributed by atoms with Crippen molar-refractivity contribution in [2.45, 2.75) is 25.7 Å². The number of hydrogen-bond acceptors (Lipinski definition) is 0. The molecule has 0 radical (unpaired) electrons. The van der Waals surface area contributed by atoms with Crippen molar-refractivity contribution in [3.63, 3.8) is 0 Å². The Bertz CT molecular complexity index is 1400. The highest BCUT2D eigenvalue weighted by Crippen LogP contribution is 2.66. The number of aromatic amines is 1. The topological polar surface area (TPSA) is 15.8 Å². The monoisotopic (exact) mass is 455 g/mol. The van der Waals surface area contributed by atoms with E-state index in [2.05, 4.69) is 103 Å². The van der Waals surface area contributed by atoms with Crippen LogP contribution in [0, 0.1) is 6.92 Å². The first-order valence-corrected chi connectivity index (χ1v) is 13.5. The van der Waals surface area contributed by atoms with Crippen LogP contribution >= 0.6 is 7.26 Å². The van der Waals surface area contributed by atoms with Crippen molar-refractivity contribution < 1.29 is 12.4 Å². The van der Waals surface area contributed by atoms with Crippen molar-refractivity contribution in [2.75, 3.05) is 6.16 Å². The average Bonchev–Trinajstić information content (AvgIpc) is 3.17. The van der Waals surface area contributed by atoms with E-state index in [1.54, 1.807) is 10.9 Å². The van der Waals surface area contributed by atoms with Crippen LogP contribution in [-0.4, -0.2) is 11.1 Å². The maximum Gasteiger partial charge on any atom is 0.0946 e.